The lowest BCUT2D eigenvalue weighted by atomic mass is 10.1. The first-order chi connectivity index (χ1) is 12.2. The van der Waals surface area contributed by atoms with Gasteiger partial charge in [-0.2, -0.15) is 0 Å². The molecule has 0 aliphatic heterocycles. The third kappa shape index (κ3) is 4.39. The average molecular weight is 359 g/mol. The topological polar surface area (TPSA) is 64.6 Å². The van der Waals surface area contributed by atoms with Crippen molar-refractivity contribution in [3.63, 3.8) is 0 Å². The highest BCUT2D eigenvalue weighted by Crippen LogP contribution is 2.29. The van der Waals surface area contributed by atoms with Crippen molar-refractivity contribution in [1.82, 2.24) is 0 Å². The largest absolute Gasteiger partial charge is 0.495 e. The molecule has 1 amide bonds. The van der Waals surface area contributed by atoms with Crippen molar-refractivity contribution in [3.8, 4) is 5.75 Å². The number of amides is 1. The Hall–Kier alpha value is -2.34. The van der Waals surface area contributed by atoms with Crippen molar-refractivity contribution in [2.45, 2.75) is 32.1 Å². The number of hydrogen-bond acceptors (Lipinski definition) is 5. The fourth-order valence-electron chi connectivity index (χ4n) is 2.90. The van der Waals surface area contributed by atoms with E-state index in [2.05, 4.69) is 5.32 Å². The molecule has 1 aromatic carbocycles. The van der Waals surface area contributed by atoms with Crippen LogP contribution in [-0.2, 0) is 22.4 Å². The lowest BCUT2D eigenvalue weighted by Gasteiger charge is -2.09. The highest BCUT2D eigenvalue weighted by molar-refractivity contribution is 7.14. The fraction of sp³-hybridized carbons (Fsp3) is 0.368. The van der Waals surface area contributed by atoms with Gasteiger partial charge in [-0.05, 0) is 49.4 Å². The second kappa shape index (κ2) is 8.16. The molecule has 0 saturated carbocycles. The van der Waals surface area contributed by atoms with Crippen LogP contribution in [0.25, 0.3) is 0 Å². The molecule has 0 bridgehead atoms. The van der Waals surface area contributed by atoms with Crippen LogP contribution in [0, 0.1) is 0 Å². The summed E-state index contributed by atoms with van der Waals surface area (Å²) in [5.41, 5.74) is 1.81. The van der Waals surface area contributed by atoms with Gasteiger partial charge in [0.05, 0.1) is 12.8 Å². The Bertz CT molecular complexity index is 745. The van der Waals surface area contributed by atoms with E-state index in [1.807, 2.05) is 12.1 Å². The zero-order chi connectivity index (χ0) is 17.6. The molecule has 0 fully saturated rings. The van der Waals surface area contributed by atoms with Crippen molar-refractivity contribution in [2.24, 2.45) is 0 Å². The summed E-state index contributed by atoms with van der Waals surface area (Å²) in [7, 11) is 1.53. The predicted octanol–water partition coefficient (Wildman–Crippen LogP) is 3.82. The molecule has 132 valence electrons. The summed E-state index contributed by atoms with van der Waals surface area (Å²) in [5, 5.41) is 2.69. The molecule has 0 atom stereocenters. The Kier molecular flexibility index (Phi) is 5.71. The SMILES string of the molecule is COc1ccccc1NC(=O)COC(=O)c1cc2c(s1)CCCCC2. The van der Waals surface area contributed by atoms with Gasteiger partial charge in [-0.25, -0.2) is 4.79 Å². The molecule has 2 aromatic rings. The zero-order valence-corrected chi connectivity index (χ0v) is 15.0. The Morgan fingerprint density at radius 1 is 1.16 bits per heavy atom. The van der Waals surface area contributed by atoms with E-state index in [9.17, 15) is 9.59 Å². The summed E-state index contributed by atoms with van der Waals surface area (Å²) < 4.78 is 10.3. The summed E-state index contributed by atoms with van der Waals surface area (Å²) >= 11 is 1.49. The molecule has 0 saturated heterocycles. The van der Waals surface area contributed by atoms with Crippen molar-refractivity contribution in [3.05, 3.63) is 45.6 Å². The quantitative estimate of drug-likeness (QED) is 0.651. The highest BCUT2D eigenvalue weighted by Gasteiger charge is 2.18. The van der Waals surface area contributed by atoms with Gasteiger partial charge in [-0.1, -0.05) is 18.6 Å². The molecule has 6 heteroatoms. The maximum absolute atomic E-state index is 12.2. The molecule has 3 rings (SSSR count). The second-order valence-electron chi connectivity index (χ2n) is 5.94. The van der Waals surface area contributed by atoms with E-state index in [-0.39, 0.29) is 6.61 Å². The van der Waals surface area contributed by atoms with Crippen molar-refractivity contribution >= 4 is 28.9 Å². The monoisotopic (exact) mass is 359 g/mol. The van der Waals surface area contributed by atoms with Crippen molar-refractivity contribution in [2.75, 3.05) is 19.0 Å². The van der Waals surface area contributed by atoms with Crippen LogP contribution in [0.1, 0.15) is 39.4 Å². The van der Waals surface area contributed by atoms with Crippen LogP contribution >= 0.6 is 11.3 Å². The molecule has 1 N–H and O–H groups in total. The number of methoxy groups -OCH3 is 1. The number of thiophene rings is 1. The molecule has 0 spiro atoms. The number of carbonyl (C=O) groups excluding carboxylic acids is 2. The molecule has 1 aliphatic carbocycles. The summed E-state index contributed by atoms with van der Waals surface area (Å²) in [6.45, 7) is -0.320. The summed E-state index contributed by atoms with van der Waals surface area (Å²) in [5.74, 6) is -0.270. The summed E-state index contributed by atoms with van der Waals surface area (Å²) in [6.07, 6.45) is 5.63. The minimum Gasteiger partial charge on any atom is -0.495 e. The average Bonchev–Trinajstić information content (AvgIpc) is 2.91. The Balaban J connectivity index is 1.56. The number of carbonyl (C=O) groups is 2. The smallest absolute Gasteiger partial charge is 0.348 e. The standard InChI is InChI=1S/C19H21NO4S/c1-23-15-9-6-5-8-14(15)20-18(21)12-24-19(22)17-11-13-7-3-2-4-10-16(13)25-17/h5-6,8-9,11H,2-4,7,10,12H2,1H3,(H,20,21). The van der Waals surface area contributed by atoms with Crippen molar-refractivity contribution < 1.29 is 19.1 Å². The number of hydrogen-bond donors (Lipinski definition) is 1. The van der Waals surface area contributed by atoms with Gasteiger partial charge >= 0.3 is 5.97 Å². The maximum Gasteiger partial charge on any atom is 0.348 e. The first-order valence-corrected chi connectivity index (χ1v) is 9.20. The highest BCUT2D eigenvalue weighted by atomic mass is 32.1. The minimum absolute atomic E-state index is 0.320. The number of esters is 1. The third-order valence-electron chi connectivity index (χ3n) is 4.16. The van der Waals surface area contributed by atoms with Crippen molar-refractivity contribution in [1.29, 1.82) is 0 Å². The summed E-state index contributed by atoms with van der Waals surface area (Å²) in [6, 6.07) is 9.01. The molecular formula is C19H21NO4S. The zero-order valence-electron chi connectivity index (χ0n) is 14.2. The third-order valence-corrected chi connectivity index (χ3v) is 5.38. The lowest BCUT2D eigenvalue weighted by Crippen LogP contribution is -2.20. The van der Waals surface area contributed by atoms with Gasteiger partial charge < -0.3 is 14.8 Å². The van der Waals surface area contributed by atoms with Gasteiger partial charge in [0.1, 0.15) is 10.6 Å². The molecule has 1 aliphatic rings. The molecular weight excluding hydrogens is 338 g/mol. The Labute approximate surface area is 151 Å². The van der Waals surface area contributed by atoms with Gasteiger partial charge in [0, 0.05) is 4.88 Å². The van der Waals surface area contributed by atoms with E-state index in [1.54, 1.807) is 18.2 Å². The molecule has 1 heterocycles. The van der Waals surface area contributed by atoms with E-state index in [0.29, 0.717) is 16.3 Å². The number of para-hydroxylation sites is 2. The molecule has 0 radical (unpaired) electrons. The summed E-state index contributed by atoms with van der Waals surface area (Å²) in [4.78, 5) is 26.1. The maximum atomic E-state index is 12.2. The van der Waals surface area contributed by atoms with Crippen LogP contribution in [0.15, 0.2) is 30.3 Å². The molecule has 25 heavy (non-hydrogen) atoms. The minimum atomic E-state index is -0.437. The molecule has 5 nitrogen and oxygen atoms in total. The van der Waals surface area contributed by atoms with E-state index in [0.717, 1.165) is 12.8 Å². The van der Waals surface area contributed by atoms with Gasteiger partial charge in [0.15, 0.2) is 6.61 Å². The molecule has 0 unspecified atom stereocenters. The number of ether oxygens (including phenoxy) is 2. The van der Waals surface area contributed by atoms with E-state index < -0.39 is 11.9 Å². The van der Waals surface area contributed by atoms with Gasteiger partial charge in [-0.15, -0.1) is 11.3 Å². The fourth-order valence-corrected chi connectivity index (χ4v) is 4.05. The lowest BCUT2D eigenvalue weighted by molar-refractivity contribution is -0.119. The first kappa shape index (κ1) is 17.5. The van der Waals surface area contributed by atoms with Crippen LogP contribution in [0.3, 0.4) is 0 Å². The van der Waals surface area contributed by atoms with Crippen LogP contribution in [-0.4, -0.2) is 25.6 Å². The number of aryl methyl sites for hydroxylation is 2. The first-order valence-electron chi connectivity index (χ1n) is 8.39. The Morgan fingerprint density at radius 3 is 2.80 bits per heavy atom. The number of nitrogens with one attached hydrogen (secondary N) is 1. The number of benzene rings is 1. The van der Waals surface area contributed by atoms with Crippen LogP contribution in [0.2, 0.25) is 0 Å². The van der Waals surface area contributed by atoms with Gasteiger partial charge in [0.25, 0.3) is 5.91 Å². The van der Waals surface area contributed by atoms with Crippen LogP contribution in [0.4, 0.5) is 5.69 Å². The van der Waals surface area contributed by atoms with E-state index in [4.69, 9.17) is 9.47 Å². The Morgan fingerprint density at radius 2 is 1.96 bits per heavy atom. The number of rotatable bonds is 5. The number of anilines is 1. The van der Waals surface area contributed by atoms with Crippen LogP contribution < -0.4 is 10.1 Å². The second-order valence-corrected chi connectivity index (χ2v) is 7.08. The van der Waals surface area contributed by atoms with E-state index >= 15 is 0 Å². The van der Waals surface area contributed by atoms with Gasteiger partial charge in [-0.3, -0.25) is 4.79 Å². The molecule has 1 aromatic heterocycles. The van der Waals surface area contributed by atoms with Crippen LogP contribution in [0.5, 0.6) is 5.75 Å². The van der Waals surface area contributed by atoms with Gasteiger partial charge in [0.2, 0.25) is 0 Å². The van der Waals surface area contributed by atoms with E-state index in [1.165, 1.54) is 48.1 Å². The normalized spacial score (nSPS) is 13.5. The number of fused-ring (bicyclic) bond motifs is 1. The predicted molar refractivity (Wildman–Crippen MR) is 97.5 cm³/mol.